The Balaban J connectivity index is 1.76. The van der Waals surface area contributed by atoms with Gasteiger partial charge in [0.15, 0.2) is 5.78 Å². The van der Waals surface area contributed by atoms with Gasteiger partial charge in [-0.2, -0.15) is 0 Å². The van der Waals surface area contributed by atoms with Crippen molar-refractivity contribution in [3.63, 3.8) is 0 Å². The molecule has 2 heterocycles. The summed E-state index contributed by atoms with van der Waals surface area (Å²) in [5.74, 6) is 0.536. The van der Waals surface area contributed by atoms with Gasteiger partial charge < -0.3 is 9.72 Å². The zero-order valence-electron chi connectivity index (χ0n) is 14.9. The number of aromatic nitrogens is 1. The highest BCUT2D eigenvalue weighted by molar-refractivity contribution is 8.38. The lowest BCUT2D eigenvalue weighted by molar-refractivity contribution is 0.0522. The number of carbonyl (C=O) groups is 2. The van der Waals surface area contributed by atoms with E-state index in [4.69, 9.17) is 4.74 Å². The number of H-pyrrole nitrogens is 1. The van der Waals surface area contributed by atoms with Gasteiger partial charge in [0.2, 0.25) is 0 Å². The first-order valence-electron chi connectivity index (χ1n) is 8.33. The Kier molecular flexibility index (Phi) is 5.88. The third-order valence-electron chi connectivity index (χ3n) is 4.01. The predicted octanol–water partition coefficient (Wildman–Crippen LogP) is 4.66. The molecule has 0 saturated carbocycles. The van der Waals surface area contributed by atoms with Crippen molar-refractivity contribution in [1.82, 2.24) is 4.98 Å². The molecule has 5 nitrogen and oxygen atoms in total. The number of ketones is 1. The van der Waals surface area contributed by atoms with E-state index in [1.807, 2.05) is 18.2 Å². The van der Waals surface area contributed by atoms with Crippen LogP contribution in [0.15, 0.2) is 29.3 Å². The summed E-state index contributed by atoms with van der Waals surface area (Å²) >= 11 is 3.05. The van der Waals surface area contributed by atoms with Crippen LogP contribution in [0.3, 0.4) is 0 Å². The topological polar surface area (TPSA) is 71.5 Å². The van der Waals surface area contributed by atoms with Crippen LogP contribution in [0.1, 0.15) is 44.6 Å². The van der Waals surface area contributed by atoms with Gasteiger partial charge in [-0.25, -0.2) is 9.79 Å². The second-order valence-electron chi connectivity index (χ2n) is 5.85. The van der Waals surface area contributed by atoms with E-state index >= 15 is 0 Å². The Morgan fingerprint density at radius 2 is 1.96 bits per heavy atom. The van der Waals surface area contributed by atoms with Gasteiger partial charge in [0, 0.05) is 17.1 Å². The fourth-order valence-corrected chi connectivity index (χ4v) is 4.81. The van der Waals surface area contributed by atoms with Crippen molar-refractivity contribution in [2.45, 2.75) is 26.5 Å². The highest BCUT2D eigenvalue weighted by atomic mass is 32.2. The first-order valence-corrected chi connectivity index (χ1v) is 10.3. The van der Waals surface area contributed by atoms with Gasteiger partial charge >= 0.3 is 5.97 Å². The van der Waals surface area contributed by atoms with E-state index in [0.29, 0.717) is 22.5 Å². The van der Waals surface area contributed by atoms with Crippen molar-refractivity contribution in [2.24, 2.45) is 4.99 Å². The third-order valence-corrected chi connectivity index (χ3v) is 6.26. The zero-order valence-corrected chi connectivity index (χ0v) is 16.6. The summed E-state index contributed by atoms with van der Waals surface area (Å²) in [6.45, 7) is 5.61. The molecule has 0 saturated heterocycles. The number of ether oxygens (including phenoxy) is 1. The van der Waals surface area contributed by atoms with Crippen molar-refractivity contribution in [1.29, 1.82) is 0 Å². The fourth-order valence-electron chi connectivity index (χ4n) is 2.87. The SMILES string of the molecule is CCOC(=O)c1c(C)[nH]c(C)c1C(=O)CSC1=Nc2ccccc2CS1. The van der Waals surface area contributed by atoms with Gasteiger partial charge in [-0.1, -0.05) is 41.7 Å². The average molecular weight is 389 g/mol. The molecule has 7 heteroatoms. The number of aryl methyl sites for hydroxylation is 2. The lowest BCUT2D eigenvalue weighted by Gasteiger charge is -2.14. The highest BCUT2D eigenvalue weighted by Gasteiger charge is 2.25. The largest absolute Gasteiger partial charge is 0.462 e. The summed E-state index contributed by atoms with van der Waals surface area (Å²) in [6.07, 6.45) is 0. The molecular weight excluding hydrogens is 368 g/mol. The van der Waals surface area contributed by atoms with E-state index in [2.05, 4.69) is 16.0 Å². The number of fused-ring (bicyclic) bond motifs is 1. The van der Waals surface area contributed by atoms with Gasteiger partial charge in [-0.05, 0) is 32.4 Å². The summed E-state index contributed by atoms with van der Waals surface area (Å²) in [5.41, 5.74) is 4.29. The average Bonchev–Trinajstić information content (AvgIpc) is 2.93. The van der Waals surface area contributed by atoms with E-state index in [-0.39, 0.29) is 18.1 Å². The molecule has 1 aliphatic heterocycles. The quantitative estimate of drug-likeness (QED) is 0.596. The molecule has 1 aromatic heterocycles. The monoisotopic (exact) mass is 388 g/mol. The number of Topliss-reactive ketones (excluding diaryl/α,β-unsaturated/α-hetero) is 1. The Morgan fingerprint density at radius 1 is 1.23 bits per heavy atom. The normalized spacial score (nSPS) is 13.1. The summed E-state index contributed by atoms with van der Waals surface area (Å²) < 4.78 is 5.98. The maximum atomic E-state index is 12.8. The van der Waals surface area contributed by atoms with Gasteiger partial charge in [0.1, 0.15) is 4.38 Å². The number of hydrogen-bond acceptors (Lipinski definition) is 6. The van der Waals surface area contributed by atoms with Crippen LogP contribution in [0.5, 0.6) is 0 Å². The van der Waals surface area contributed by atoms with Crippen molar-refractivity contribution < 1.29 is 14.3 Å². The van der Waals surface area contributed by atoms with Crippen LogP contribution in [-0.4, -0.2) is 33.5 Å². The number of nitrogens with zero attached hydrogens (tertiary/aromatic N) is 1. The van der Waals surface area contributed by atoms with Crippen molar-refractivity contribution in [2.75, 3.05) is 12.4 Å². The van der Waals surface area contributed by atoms with Crippen molar-refractivity contribution >= 4 is 45.3 Å². The predicted molar refractivity (Wildman–Crippen MR) is 108 cm³/mol. The third kappa shape index (κ3) is 3.88. The number of aliphatic imine (C=N–C) groups is 1. The highest BCUT2D eigenvalue weighted by Crippen LogP contribution is 2.35. The molecule has 136 valence electrons. The lowest BCUT2D eigenvalue weighted by atomic mass is 10.1. The molecule has 0 radical (unpaired) electrons. The molecule has 0 aliphatic carbocycles. The molecule has 0 atom stereocenters. The summed E-state index contributed by atoms with van der Waals surface area (Å²) in [5, 5.41) is 0. The number of hydrogen-bond donors (Lipinski definition) is 1. The zero-order chi connectivity index (χ0) is 18.7. The van der Waals surface area contributed by atoms with Crippen LogP contribution in [0.2, 0.25) is 0 Å². The number of thioether (sulfide) groups is 2. The minimum absolute atomic E-state index is 0.0953. The molecule has 1 aromatic carbocycles. The van der Waals surface area contributed by atoms with Gasteiger partial charge in [-0.3, -0.25) is 4.79 Å². The number of rotatable bonds is 5. The minimum atomic E-state index is -0.457. The molecule has 1 aliphatic rings. The minimum Gasteiger partial charge on any atom is -0.462 e. The molecule has 26 heavy (non-hydrogen) atoms. The molecule has 0 spiro atoms. The standard InChI is InChI=1S/C19H20N2O3S2/c1-4-24-18(23)17-12(3)20-11(2)16(17)15(22)10-26-19-21-14-8-6-5-7-13(14)9-25-19/h5-8,20H,4,9-10H2,1-3H3. The summed E-state index contributed by atoms with van der Waals surface area (Å²) in [7, 11) is 0. The molecule has 3 rings (SSSR count). The summed E-state index contributed by atoms with van der Waals surface area (Å²) in [6, 6.07) is 8.01. The lowest BCUT2D eigenvalue weighted by Crippen LogP contribution is -2.14. The second kappa shape index (κ2) is 8.14. The number of para-hydroxylation sites is 1. The second-order valence-corrected chi connectivity index (χ2v) is 8.04. The Hall–Kier alpha value is -1.99. The Labute approximate surface area is 161 Å². The van der Waals surface area contributed by atoms with E-state index in [0.717, 1.165) is 15.8 Å². The van der Waals surface area contributed by atoms with E-state index in [1.54, 1.807) is 32.5 Å². The van der Waals surface area contributed by atoms with E-state index < -0.39 is 5.97 Å². The molecule has 0 fully saturated rings. The van der Waals surface area contributed by atoms with E-state index in [9.17, 15) is 9.59 Å². The van der Waals surface area contributed by atoms with Gasteiger partial charge in [0.05, 0.1) is 29.2 Å². The van der Waals surface area contributed by atoms with Crippen LogP contribution >= 0.6 is 23.5 Å². The molecule has 0 unspecified atom stereocenters. The maximum absolute atomic E-state index is 12.8. The maximum Gasteiger partial charge on any atom is 0.340 e. The van der Waals surface area contributed by atoms with Crippen molar-refractivity contribution in [3.05, 3.63) is 52.3 Å². The van der Waals surface area contributed by atoms with Gasteiger partial charge in [-0.15, -0.1) is 0 Å². The van der Waals surface area contributed by atoms with Crippen LogP contribution < -0.4 is 0 Å². The first-order chi connectivity index (χ1) is 12.5. The van der Waals surface area contributed by atoms with Gasteiger partial charge in [0.25, 0.3) is 0 Å². The smallest absolute Gasteiger partial charge is 0.340 e. The van der Waals surface area contributed by atoms with Crippen LogP contribution in [0.4, 0.5) is 5.69 Å². The molecular formula is C19H20N2O3S2. The van der Waals surface area contributed by atoms with Crippen LogP contribution in [0, 0.1) is 13.8 Å². The first kappa shape index (κ1) is 18.8. The van der Waals surface area contributed by atoms with E-state index in [1.165, 1.54) is 17.3 Å². The fraction of sp³-hybridized carbons (Fsp3) is 0.316. The molecule has 1 N–H and O–H groups in total. The molecule has 0 bridgehead atoms. The van der Waals surface area contributed by atoms with Crippen molar-refractivity contribution in [3.8, 4) is 0 Å². The molecule has 0 amide bonds. The Bertz CT molecular complexity index is 887. The summed E-state index contributed by atoms with van der Waals surface area (Å²) in [4.78, 5) is 32.7. The van der Waals surface area contributed by atoms with Crippen LogP contribution in [-0.2, 0) is 10.5 Å². The number of nitrogens with one attached hydrogen (secondary N) is 1. The number of benzene rings is 1. The Morgan fingerprint density at radius 3 is 2.73 bits per heavy atom. The number of carbonyl (C=O) groups excluding carboxylic acids is 2. The number of esters is 1. The molecule has 2 aromatic rings. The van der Waals surface area contributed by atoms with Crippen LogP contribution in [0.25, 0.3) is 0 Å². The number of aromatic amines is 1.